The quantitative estimate of drug-likeness (QED) is 0.665. The molecule has 0 atom stereocenters. The van der Waals surface area contributed by atoms with Crippen LogP contribution in [0.3, 0.4) is 0 Å². The zero-order valence-corrected chi connectivity index (χ0v) is 8.84. The van der Waals surface area contributed by atoms with Gasteiger partial charge in [-0.3, -0.25) is 0 Å². The van der Waals surface area contributed by atoms with Crippen LogP contribution in [-0.2, 0) is 0 Å². The van der Waals surface area contributed by atoms with Gasteiger partial charge >= 0.3 is 0 Å². The van der Waals surface area contributed by atoms with Gasteiger partial charge in [0.15, 0.2) is 0 Å². The summed E-state index contributed by atoms with van der Waals surface area (Å²) >= 11 is 0. The Morgan fingerprint density at radius 1 is 1.31 bits per heavy atom. The highest BCUT2D eigenvalue weighted by Crippen LogP contribution is 2.15. The summed E-state index contributed by atoms with van der Waals surface area (Å²) < 4.78 is 0. The molecule has 2 N–H and O–H groups in total. The van der Waals surface area contributed by atoms with Crippen molar-refractivity contribution < 1.29 is 5.11 Å². The van der Waals surface area contributed by atoms with E-state index in [1.165, 1.54) is 6.42 Å². The van der Waals surface area contributed by atoms with E-state index in [9.17, 15) is 0 Å². The first-order valence-electron chi connectivity index (χ1n) is 5.18. The lowest BCUT2D eigenvalue weighted by Gasteiger charge is -2.30. The Morgan fingerprint density at radius 3 is 2.77 bits per heavy atom. The third-order valence-corrected chi connectivity index (χ3v) is 2.51. The molecule has 1 aliphatic heterocycles. The van der Waals surface area contributed by atoms with Gasteiger partial charge in [-0.05, 0) is 19.5 Å². The van der Waals surface area contributed by atoms with Crippen LogP contribution in [0.15, 0.2) is 0 Å². The molecule has 0 aromatic rings. The van der Waals surface area contributed by atoms with Crippen molar-refractivity contribution in [3.05, 3.63) is 0 Å². The zero-order chi connectivity index (χ0) is 9.73. The number of hydrogen-bond acceptors (Lipinski definition) is 3. The summed E-state index contributed by atoms with van der Waals surface area (Å²) in [5.74, 6) is 0. The minimum absolute atomic E-state index is 0.0460. The molecule has 13 heavy (non-hydrogen) atoms. The summed E-state index contributed by atoms with van der Waals surface area (Å²) in [7, 11) is 0. The Hall–Kier alpha value is -0.120. The lowest BCUT2D eigenvalue weighted by molar-refractivity contribution is 0.106. The normalized spacial score (nSPS) is 21.5. The highest BCUT2D eigenvalue weighted by Gasteiger charge is 2.21. The highest BCUT2D eigenvalue weighted by molar-refractivity contribution is 4.75. The third-order valence-electron chi connectivity index (χ3n) is 2.51. The molecule has 1 saturated heterocycles. The van der Waals surface area contributed by atoms with Crippen molar-refractivity contribution in [2.24, 2.45) is 5.41 Å². The molecule has 1 aliphatic rings. The summed E-state index contributed by atoms with van der Waals surface area (Å²) in [4.78, 5) is 2.44. The van der Waals surface area contributed by atoms with Crippen LogP contribution in [0.25, 0.3) is 0 Å². The van der Waals surface area contributed by atoms with Gasteiger partial charge in [0.25, 0.3) is 0 Å². The second-order valence-electron chi connectivity index (χ2n) is 4.70. The highest BCUT2D eigenvalue weighted by atomic mass is 16.3. The van der Waals surface area contributed by atoms with Crippen LogP contribution < -0.4 is 5.32 Å². The molecule has 0 bridgehead atoms. The molecule has 1 rings (SSSR count). The van der Waals surface area contributed by atoms with Gasteiger partial charge in [-0.15, -0.1) is 0 Å². The van der Waals surface area contributed by atoms with E-state index in [1.807, 2.05) is 0 Å². The summed E-state index contributed by atoms with van der Waals surface area (Å²) in [6.07, 6.45) is 1.22. The fourth-order valence-corrected chi connectivity index (χ4v) is 1.72. The molecule has 3 heteroatoms. The number of aliphatic hydroxyl groups excluding tert-OH is 1. The summed E-state index contributed by atoms with van der Waals surface area (Å²) in [6.45, 7) is 10.0. The van der Waals surface area contributed by atoms with E-state index >= 15 is 0 Å². The minimum Gasteiger partial charge on any atom is -0.396 e. The Kier molecular flexibility index (Phi) is 4.16. The Balaban J connectivity index is 2.33. The number of nitrogens with one attached hydrogen (secondary N) is 1. The van der Waals surface area contributed by atoms with E-state index in [-0.39, 0.29) is 12.0 Å². The van der Waals surface area contributed by atoms with Gasteiger partial charge in [0, 0.05) is 31.7 Å². The first kappa shape index (κ1) is 11.0. The van der Waals surface area contributed by atoms with Gasteiger partial charge in [-0.25, -0.2) is 0 Å². The summed E-state index contributed by atoms with van der Waals surface area (Å²) in [5, 5.41) is 12.5. The van der Waals surface area contributed by atoms with Crippen molar-refractivity contribution in [3.8, 4) is 0 Å². The molecule has 1 fully saturated rings. The molecule has 0 aliphatic carbocycles. The maximum Gasteiger partial charge on any atom is 0.0494 e. The SMILES string of the molecule is CC(C)(CO)CN1CCCNCC1. The zero-order valence-electron chi connectivity index (χ0n) is 8.84. The van der Waals surface area contributed by atoms with Crippen molar-refractivity contribution in [1.29, 1.82) is 0 Å². The second-order valence-corrected chi connectivity index (χ2v) is 4.70. The molecule has 0 aromatic carbocycles. The van der Waals surface area contributed by atoms with Gasteiger partial charge in [0.1, 0.15) is 0 Å². The molecule has 0 unspecified atom stereocenters. The molecular weight excluding hydrogens is 164 g/mol. The average Bonchev–Trinajstić information content (AvgIpc) is 2.32. The Labute approximate surface area is 81.1 Å². The van der Waals surface area contributed by atoms with Crippen LogP contribution in [0.4, 0.5) is 0 Å². The summed E-state index contributed by atoms with van der Waals surface area (Å²) in [6, 6.07) is 0. The monoisotopic (exact) mass is 186 g/mol. The van der Waals surface area contributed by atoms with E-state index in [2.05, 4.69) is 24.1 Å². The molecule has 78 valence electrons. The molecule has 0 saturated carbocycles. The van der Waals surface area contributed by atoms with Gasteiger partial charge in [0.2, 0.25) is 0 Å². The fourth-order valence-electron chi connectivity index (χ4n) is 1.72. The third kappa shape index (κ3) is 4.07. The van der Waals surface area contributed by atoms with Gasteiger partial charge in [0.05, 0.1) is 0 Å². The molecule has 0 spiro atoms. The predicted molar refractivity (Wildman–Crippen MR) is 54.8 cm³/mol. The van der Waals surface area contributed by atoms with Crippen LogP contribution in [0.1, 0.15) is 20.3 Å². The lowest BCUT2D eigenvalue weighted by atomic mass is 9.94. The average molecular weight is 186 g/mol. The fraction of sp³-hybridized carbons (Fsp3) is 1.00. The molecule has 3 nitrogen and oxygen atoms in total. The standard InChI is InChI=1S/C10H22N2O/c1-10(2,9-13)8-12-6-3-4-11-5-7-12/h11,13H,3-9H2,1-2H3. The van der Waals surface area contributed by atoms with E-state index < -0.39 is 0 Å². The van der Waals surface area contributed by atoms with Gasteiger partial charge in [-0.2, -0.15) is 0 Å². The molecule has 0 radical (unpaired) electrons. The van der Waals surface area contributed by atoms with Crippen LogP contribution in [0.5, 0.6) is 0 Å². The first-order valence-corrected chi connectivity index (χ1v) is 5.18. The van der Waals surface area contributed by atoms with Crippen molar-refractivity contribution >= 4 is 0 Å². The largest absolute Gasteiger partial charge is 0.396 e. The van der Waals surface area contributed by atoms with Crippen molar-refractivity contribution in [3.63, 3.8) is 0 Å². The Bertz CT molecular complexity index is 140. The smallest absolute Gasteiger partial charge is 0.0494 e. The lowest BCUT2D eigenvalue weighted by Crippen LogP contribution is -2.38. The topological polar surface area (TPSA) is 35.5 Å². The van der Waals surface area contributed by atoms with E-state index in [4.69, 9.17) is 5.11 Å². The van der Waals surface area contributed by atoms with Crippen LogP contribution in [-0.4, -0.2) is 49.3 Å². The predicted octanol–water partition coefficient (Wildman–Crippen LogP) is 0.300. The van der Waals surface area contributed by atoms with Crippen molar-refractivity contribution in [1.82, 2.24) is 10.2 Å². The molecule has 0 aromatic heterocycles. The van der Waals surface area contributed by atoms with Crippen molar-refractivity contribution in [2.45, 2.75) is 20.3 Å². The number of rotatable bonds is 3. The first-order chi connectivity index (χ1) is 6.14. The van der Waals surface area contributed by atoms with Gasteiger partial charge in [-0.1, -0.05) is 13.8 Å². The second kappa shape index (κ2) is 4.94. The van der Waals surface area contributed by atoms with Crippen molar-refractivity contribution in [2.75, 3.05) is 39.3 Å². The maximum atomic E-state index is 9.15. The molecular formula is C10H22N2O. The van der Waals surface area contributed by atoms with E-state index in [1.54, 1.807) is 0 Å². The van der Waals surface area contributed by atoms with Gasteiger partial charge < -0.3 is 15.3 Å². The van der Waals surface area contributed by atoms with E-state index in [0.29, 0.717) is 0 Å². The van der Waals surface area contributed by atoms with E-state index in [0.717, 1.165) is 32.7 Å². The van der Waals surface area contributed by atoms with Crippen LogP contribution in [0, 0.1) is 5.41 Å². The maximum absolute atomic E-state index is 9.15. The Morgan fingerprint density at radius 2 is 2.08 bits per heavy atom. The van der Waals surface area contributed by atoms with Crippen LogP contribution in [0.2, 0.25) is 0 Å². The molecule has 0 amide bonds. The number of nitrogens with zero attached hydrogens (tertiary/aromatic N) is 1. The number of hydrogen-bond donors (Lipinski definition) is 2. The minimum atomic E-state index is 0.0460. The molecule has 1 heterocycles. The van der Waals surface area contributed by atoms with Crippen LogP contribution >= 0.6 is 0 Å². The summed E-state index contributed by atoms with van der Waals surface area (Å²) in [5.41, 5.74) is 0.0460. The number of aliphatic hydroxyl groups is 1.